The Morgan fingerprint density at radius 1 is 0.438 bits per heavy atom. The maximum absolute atomic E-state index is 6.05. The van der Waals surface area contributed by atoms with E-state index in [1.165, 1.54) is 128 Å². The molecule has 0 heterocycles. The van der Waals surface area contributed by atoms with Crippen LogP contribution in [0.4, 0.5) is 0 Å². The molecule has 0 aromatic rings. The first-order valence-electron chi connectivity index (χ1n) is 14.6. The van der Waals surface area contributed by atoms with Crippen molar-refractivity contribution in [2.45, 2.75) is 169 Å². The number of unbranched alkanes of at least 4 members (excludes halogenated alkanes) is 18. The molecule has 0 N–H and O–H groups in total. The normalized spacial score (nSPS) is 13.7. The fraction of sp³-hybridized carbons (Fsp3) is 1.00. The van der Waals surface area contributed by atoms with Gasteiger partial charge < -0.3 is 9.47 Å². The quantitative estimate of drug-likeness (QED) is 0.0957. The van der Waals surface area contributed by atoms with Crippen molar-refractivity contribution in [1.29, 1.82) is 0 Å². The van der Waals surface area contributed by atoms with E-state index in [9.17, 15) is 0 Å². The second kappa shape index (κ2) is 25.5. The van der Waals surface area contributed by atoms with Gasteiger partial charge in [0.1, 0.15) is 12.5 Å². The second-order valence-corrected chi connectivity index (χ2v) is 9.97. The van der Waals surface area contributed by atoms with E-state index >= 15 is 0 Å². The lowest BCUT2D eigenvalue weighted by Gasteiger charge is -2.30. The van der Waals surface area contributed by atoms with E-state index in [4.69, 9.17) is 9.47 Å². The van der Waals surface area contributed by atoms with E-state index in [0.717, 1.165) is 13.2 Å². The minimum atomic E-state index is 0.122. The van der Waals surface area contributed by atoms with Gasteiger partial charge >= 0.3 is 0 Å². The van der Waals surface area contributed by atoms with E-state index in [-0.39, 0.29) is 12.5 Å². The third-order valence-electron chi connectivity index (χ3n) is 6.86. The molecule has 0 amide bonds. The molecule has 0 aliphatic heterocycles. The minimum absolute atomic E-state index is 0.122. The van der Waals surface area contributed by atoms with Crippen LogP contribution in [0.1, 0.15) is 156 Å². The summed E-state index contributed by atoms with van der Waals surface area (Å²) < 4.78 is 12.1. The van der Waals surface area contributed by atoms with Crippen LogP contribution in [0, 0.1) is 0 Å². The summed E-state index contributed by atoms with van der Waals surface area (Å²) in [7, 11) is 2.12. The van der Waals surface area contributed by atoms with Gasteiger partial charge in [0, 0.05) is 13.2 Å². The smallest absolute Gasteiger partial charge is 0.109 e. The first-order valence-corrected chi connectivity index (χ1v) is 14.6. The molecule has 0 spiro atoms. The lowest BCUT2D eigenvalue weighted by atomic mass is 10.1. The summed E-state index contributed by atoms with van der Waals surface area (Å²) in [6.07, 6.45) is 27.6. The Bertz CT molecular complexity index is 318. The summed E-state index contributed by atoms with van der Waals surface area (Å²) in [4.78, 5) is 2.21. The highest BCUT2D eigenvalue weighted by Gasteiger charge is 2.16. The van der Waals surface area contributed by atoms with Crippen LogP contribution >= 0.6 is 0 Å². The standard InChI is InChI=1S/C29H61NO2/c1-6-8-10-12-14-16-18-20-22-24-26-31-28(3)30(5)29(4)32-27-25-23-21-19-17-15-13-11-9-7-2/h28-29H,6-27H2,1-5H3. The molecule has 0 aliphatic rings. The molecule has 0 aromatic heterocycles. The monoisotopic (exact) mass is 455 g/mol. The van der Waals surface area contributed by atoms with Crippen molar-refractivity contribution in [3.63, 3.8) is 0 Å². The SMILES string of the molecule is CCCCCCCCCCCCOC(C)N(C)C(C)OCCCCCCCCCCCC. The zero-order chi connectivity index (χ0) is 23.7. The first kappa shape index (κ1) is 31.9. The molecular weight excluding hydrogens is 394 g/mol. The molecule has 0 radical (unpaired) electrons. The van der Waals surface area contributed by atoms with Crippen LogP contribution in [0.15, 0.2) is 0 Å². The van der Waals surface area contributed by atoms with Crippen LogP contribution in [-0.2, 0) is 9.47 Å². The molecule has 0 rings (SSSR count). The van der Waals surface area contributed by atoms with Crippen LogP contribution in [-0.4, -0.2) is 37.6 Å². The highest BCUT2D eigenvalue weighted by Crippen LogP contribution is 2.13. The first-order chi connectivity index (χ1) is 15.6. The van der Waals surface area contributed by atoms with Gasteiger partial charge in [0.2, 0.25) is 0 Å². The molecule has 0 saturated carbocycles. The zero-order valence-electron chi connectivity index (χ0n) is 23.0. The Kier molecular flexibility index (Phi) is 25.4. The molecule has 3 heteroatoms. The Morgan fingerprint density at radius 3 is 0.969 bits per heavy atom. The maximum atomic E-state index is 6.05. The van der Waals surface area contributed by atoms with Crippen LogP contribution < -0.4 is 0 Å². The summed E-state index contributed by atoms with van der Waals surface area (Å²) in [5.41, 5.74) is 0. The van der Waals surface area contributed by atoms with Gasteiger partial charge in [-0.05, 0) is 33.7 Å². The predicted molar refractivity (Wildman–Crippen MR) is 142 cm³/mol. The molecular formula is C29H61NO2. The Morgan fingerprint density at radius 2 is 0.688 bits per heavy atom. The number of rotatable bonds is 26. The molecule has 2 unspecified atom stereocenters. The van der Waals surface area contributed by atoms with Crippen molar-refractivity contribution in [1.82, 2.24) is 4.90 Å². The Labute approximate surface area is 203 Å². The van der Waals surface area contributed by atoms with Crippen molar-refractivity contribution in [2.75, 3.05) is 20.3 Å². The average Bonchev–Trinajstić information content (AvgIpc) is 2.80. The molecule has 0 aliphatic carbocycles. The summed E-state index contributed by atoms with van der Waals surface area (Å²) in [6.45, 7) is 10.6. The van der Waals surface area contributed by atoms with E-state index in [2.05, 4.69) is 39.6 Å². The van der Waals surface area contributed by atoms with Gasteiger partial charge in [-0.3, -0.25) is 4.90 Å². The van der Waals surface area contributed by atoms with Gasteiger partial charge in [0.15, 0.2) is 0 Å². The molecule has 3 nitrogen and oxygen atoms in total. The zero-order valence-corrected chi connectivity index (χ0v) is 23.0. The van der Waals surface area contributed by atoms with Crippen LogP contribution in [0.5, 0.6) is 0 Å². The van der Waals surface area contributed by atoms with Gasteiger partial charge in [-0.25, -0.2) is 0 Å². The third-order valence-corrected chi connectivity index (χ3v) is 6.86. The highest BCUT2D eigenvalue weighted by atomic mass is 16.5. The van der Waals surface area contributed by atoms with Crippen molar-refractivity contribution >= 4 is 0 Å². The van der Waals surface area contributed by atoms with Gasteiger partial charge in [-0.1, -0.05) is 129 Å². The van der Waals surface area contributed by atoms with Crippen LogP contribution in [0.3, 0.4) is 0 Å². The molecule has 0 fully saturated rings. The van der Waals surface area contributed by atoms with E-state index in [1.54, 1.807) is 0 Å². The second-order valence-electron chi connectivity index (χ2n) is 9.97. The largest absolute Gasteiger partial charge is 0.363 e. The topological polar surface area (TPSA) is 21.7 Å². The van der Waals surface area contributed by atoms with Crippen molar-refractivity contribution in [3.8, 4) is 0 Å². The predicted octanol–water partition coefficient (Wildman–Crippen LogP) is 9.49. The van der Waals surface area contributed by atoms with E-state index < -0.39 is 0 Å². The number of nitrogens with zero attached hydrogens (tertiary/aromatic N) is 1. The van der Waals surface area contributed by atoms with Crippen LogP contribution in [0.25, 0.3) is 0 Å². The fourth-order valence-corrected chi connectivity index (χ4v) is 4.22. The lowest BCUT2D eigenvalue weighted by molar-refractivity contribution is -0.128. The Balaban J connectivity index is 3.45. The molecule has 32 heavy (non-hydrogen) atoms. The van der Waals surface area contributed by atoms with Crippen LogP contribution in [0.2, 0.25) is 0 Å². The number of hydrogen-bond acceptors (Lipinski definition) is 3. The number of hydrogen-bond donors (Lipinski definition) is 0. The molecule has 194 valence electrons. The molecule has 0 saturated heterocycles. The highest BCUT2D eigenvalue weighted by molar-refractivity contribution is 4.57. The van der Waals surface area contributed by atoms with Crippen molar-refractivity contribution in [3.05, 3.63) is 0 Å². The van der Waals surface area contributed by atoms with Crippen molar-refractivity contribution in [2.24, 2.45) is 0 Å². The summed E-state index contributed by atoms with van der Waals surface area (Å²) >= 11 is 0. The maximum Gasteiger partial charge on any atom is 0.109 e. The van der Waals surface area contributed by atoms with Gasteiger partial charge in [0.05, 0.1) is 0 Å². The van der Waals surface area contributed by atoms with E-state index in [0.29, 0.717) is 0 Å². The minimum Gasteiger partial charge on any atom is -0.363 e. The van der Waals surface area contributed by atoms with Gasteiger partial charge in [-0.2, -0.15) is 0 Å². The summed E-state index contributed by atoms with van der Waals surface area (Å²) in [6, 6.07) is 0. The molecule has 0 bridgehead atoms. The van der Waals surface area contributed by atoms with Gasteiger partial charge in [-0.15, -0.1) is 0 Å². The van der Waals surface area contributed by atoms with E-state index in [1.807, 2.05) is 0 Å². The lowest BCUT2D eigenvalue weighted by Crippen LogP contribution is -2.40. The van der Waals surface area contributed by atoms with Crippen molar-refractivity contribution < 1.29 is 9.47 Å². The third kappa shape index (κ3) is 21.7. The average molecular weight is 456 g/mol. The Hall–Kier alpha value is -0.120. The molecule has 0 aromatic carbocycles. The fourth-order valence-electron chi connectivity index (χ4n) is 4.22. The molecule has 2 atom stereocenters. The number of ether oxygens (including phenoxy) is 2. The summed E-state index contributed by atoms with van der Waals surface area (Å²) in [5.74, 6) is 0. The summed E-state index contributed by atoms with van der Waals surface area (Å²) in [5, 5.41) is 0. The van der Waals surface area contributed by atoms with Gasteiger partial charge in [0.25, 0.3) is 0 Å².